The molecule has 0 unspecified atom stereocenters. The summed E-state index contributed by atoms with van der Waals surface area (Å²) >= 11 is 12.7. The Labute approximate surface area is 213 Å². The van der Waals surface area contributed by atoms with Crippen molar-refractivity contribution in [3.05, 3.63) is 33.9 Å². The Morgan fingerprint density at radius 3 is 2.51 bits per heavy atom. The number of carbonyl (C=O) groups is 1. The summed E-state index contributed by atoms with van der Waals surface area (Å²) in [6.45, 7) is 0. The highest BCUT2D eigenvalue weighted by Gasteiger charge is 2.29. The van der Waals surface area contributed by atoms with E-state index < -0.39 is 0 Å². The van der Waals surface area contributed by atoms with Crippen molar-refractivity contribution in [3.8, 4) is 6.07 Å². The third kappa shape index (κ3) is 4.73. The Morgan fingerprint density at radius 1 is 1.09 bits per heavy atom. The largest absolute Gasteiger partial charge is 0.369 e. The van der Waals surface area contributed by atoms with E-state index in [4.69, 9.17) is 38.9 Å². The number of benzene rings is 1. The minimum absolute atomic E-state index is 0.0694. The van der Waals surface area contributed by atoms with Crippen LogP contribution in [0.3, 0.4) is 0 Å². The van der Waals surface area contributed by atoms with Crippen molar-refractivity contribution in [3.63, 3.8) is 0 Å². The van der Waals surface area contributed by atoms with Gasteiger partial charge in [0.25, 0.3) is 0 Å². The first-order valence-electron chi connectivity index (χ1n) is 11.9. The van der Waals surface area contributed by atoms with Crippen LogP contribution in [0.15, 0.2) is 18.3 Å². The number of fused-ring (bicyclic) bond motifs is 1. The fourth-order valence-electron chi connectivity index (χ4n) is 5.12. The molecule has 11 heteroatoms. The van der Waals surface area contributed by atoms with Gasteiger partial charge in [-0.2, -0.15) is 10.2 Å². The van der Waals surface area contributed by atoms with E-state index in [1.165, 1.54) is 12.8 Å². The average Bonchev–Trinajstić information content (AvgIpc) is 3.49. The highest BCUT2D eigenvalue weighted by molar-refractivity contribution is 6.44. The van der Waals surface area contributed by atoms with E-state index in [1.807, 2.05) is 6.07 Å². The van der Waals surface area contributed by atoms with Gasteiger partial charge >= 0.3 is 0 Å². The summed E-state index contributed by atoms with van der Waals surface area (Å²) in [5.74, 6) is 0.778. The van der Waals surface area contributed by atoms with E-state index in [2.05, 4.69) is 20.2 Å². The van der Waals surface area contributed by atoms with Gasteiger partial charge in [-0.05, 0) is 50.7 Å². The van der Waals surface area contributed by atoms with Gasteiger partial charge in [0, 0.05) is 18.0 Å². The van der Waals surface area contributed by atoms with Gasteiger partial charge in [0.2, 0.25) is 17.8 Å². The summed E-state index contributed by atoms with van der Waals surface area (Å²) in [7, 11) is 0. The number of amides is 1. The van der Waals surface area contributed by atoms with Crippen LogP contribution in [0.2, 0.25) is 10.0 Å². The van der Waals surface area contributed by atoms with Gasteiger partial charge in [0.15, 0.2) is 5.65 Å². The third-order valence-electron chi connectivity index (χ3n) is 7.03. The van der Waals surface area contributed by atoms with Crippen molar-refractivity contribution in [1.29, 1.82) is 5.26 Å². The number of hydrogen-bond acceptors (Lipinski definition) is 7. The van der Waals surface area contributed by atoms with Gasteiger partial charge in [-0.25, -0.2) is 9.97 Å². The number of hydrogen-bond donors (Lipinski definition) is 3. The Bertz CT molecular complexity index is 1300. The van der Waals surface area contributed by atoms with Crippen molar-refractivity contribution < 1.29 is 4.79 Å². The van der Waals surface area contributed by atoms with Crippen LogP contribution in [0.4, 0.5) is 17.6 Å². The lowest BCUT2D eigenvalue weighted by molar-refractivity contribution is -0.122. The zero-order valence-corrected chi connectivity index (χ0v) is 20.6. The summed E-state index contributed by atoms with van der Waals surface area (Å²) in [5, 5.41) is 16.4. The number of nitrogens with zero attached hydrogens (tertiary/aromatic N) is 5. The van der Waals surface area contributed by atoms with Crippen LogP contribution in [0.25, 0.3) is 11.2 Å². The molecule has 0 bridgehead atoms. The molecule has 3 aromatic rings. The third-order valence-corrected chi connectivity index (χ3v) is 7.92. The van der Waals surface area contributed by atoms with E-state index in [-0.39, 0.29) is 27.9 Å². The van der Waals surface area contributed by atoms with E-state index in [1.54, 1.807) is 18.3 Å². The highest BCUT2D eigenvalue weighted by atomic mass is 35.5. The van der Waals surface area contributed by atoms with Crippen molar-refractivity contribution in [1.82, 2.24) is 19.5 Å². The molecule has 0 spiro atoms. The van der Waals surface area contributed by atoms with Gasteiger partial charge in [0.05, 0.1) is 27.5 Å². The van der Waals surface area contributed by atoms with Crippen LogP contribution in [-0.2, 0) is 4.79 Å². The molecule has 2 saturated carbocycles. The lowest BCUT2D eigenvalue weighted by atomic mass is 9.85. The maximum atomic E-state index is 11.7. The number of nitrogens with two attached hydrogens (primary N) is 1. The first-order valence-corrected chi connectivity index (χ1v) is 12.7. The number of aromatic nitrogens is 4. The molecule has 2 heterocycles. The Kier molecular flexibility index (Phi) is 6.67. The second kappa shape index (κ2) is 9.88. The van der Waals surface area contributed by atoms with Gasteiger partial charge in [-0.3, -0.25) is 9.36 Å². The SMILES string of the molecule is N#Cc1ccc(Nc2nc3cnc(NC4CCCC4)nc3n2C2CCC(C(N)=O)CC2)c(Cl)c1Cl. The zero-order valence-electron chi connectivity index (χ0n) is 19.1. The molecular formula is C24H26Cl2N8O. The second-order valence-corrected chi connectivity index (χ2v) is 10.0. The number of nitrogens with one attached hydrogen (secondary N) is 2. The standard InChI is InChI=1S/C24H26Cl2N8O/c25-19-14(11-27)7-10-17(20(19)26)31-24-32-18-12-29-23(30-15-3-1-2-4-15)33-22(18)34(24)16-8-5-13(6-9-16)21(28)35/h7,10,12-13,15-16H,1-6,8-9H2,(H2,28,35)(H,31,32)(H,29,30,33). The molecule has 9 nitrogen and oxygen atoms in total. The molecule has 0 aliphatic heterocycles. The predicted molar refractivity (Wildman–Crippen MR) is 136 cm³/mol. The second-order valence-electron chi connectivity index (χ2n) is 9.27. The van der Waals surface area contributed by atoms with Crippen LogP contribution in [0.1, 0.15) is 63.0 Å². The predicted octanol–water partition coefficient (Wildman–Crippen LogP) is 5.32. The molecule has 2 aliphatic rings. The number of rotatable bonds is 6. The number of anilines is 3. The summed E-state index contributed by atoms with van der Waals surface area (Å²) in [6.07, 6.45) is 9.33. The van der Waals surface area contributed by atoms with E-state index in [0.717, 1.165) is 25.7 Å². The summed E-state index contributed by atoms with van der Waals surface area (Å²) < 4.78 is 2.07. The minimum Gasteiger partial charge on any atom is -0.369 e. The van der Waals surface area contributed by atoms with Gasteiger partial charge in [0.1, 0.15) is 11.6 Å². The van der Waals surface area contributed by atoms with E-state index >= 15 is 0 Å². The normalized spacial score (nSPS) is 20.6. The summed E-state index contributed by atoms with van der Waals surface area (Å²) in [5.41, 5.74) is 7.75. The smallest absolute Gasteiger partial charge is 0.224 e. The Hall–Kier alpha value is -3.09. The molecule has 2 aromatic heterocycles. The molecule has 4 N–H and O–H groups in total. The number of halogens is 2. The molecule has 0 radical (unpaired) electrons. The van der Waals surface area contributed by atoms with Crippen molar-refractivity contribution >= 4 is 57.9 Å². The molecule has 1 amide bonds. The molecule has 0 atom stereocenters. The topological polar surface area (TPSA) is 135 Å². The van der Waals surface area contributed by atoms with Crippen LogP contribution in [-0.4, -0.2) is 31.5 Å². The summed E-state index contributed by atoms with van der Waals surface area (Å²) in [4.78, 5) is 25.8. The monoisotopic (exact) mass is 512 g/mol. The number of carbonyl (C=O) groups excluding carboxylic acids is 1. The highest BCUT2D eigenvalue weighted by Crippen LogP contribution is 2.39. The first-order chi connectivity index (χ1) is 16.9. The molecule has 0 saturated heterocycles. The Morgan fingerprint density at radius 2 is 1.83 bits per heavy atom. The molecule has 2 aliphatic carbocycles. The van der Waals surface area contributed by atoms with Gasteiger partial charge in [-0.1, -0.05) is 36.0 Å². The van der Waals surface area contributed by atoms with Crippen LogP contribution in [0, 0.1) is 17.2 Å². The van der Waals surface area contributed by atoms with Crippen molar-refractivity contribution in [2.75, 3.05) is 10.6 Å². The first kappa shape index (κ1) is 23.6. The van der Waals surface area contributed by atoms with E-state index in [9.17, 15) is 10.1 Å². The van der Waals surface area contributed by atoms with Gasteiger partial charge in [-0.15, -0.1) is 0 Å². The zero-order chi connectivity index (χ0) is 24.5. The quantitative estimate of drug-likeness (QED) is 0.406. The van der Waals surface area contributed by atoms with Crippen LogP contribution < -0.4 is 16.4 Å². The lowest BCUT2D eigenvalue weighted by Gasteiger charge is -2.29. The maximum Gasteiger partial charge on any atom is 0.224 e. The summed E-state index contributed by atoms with van der Waals surface area (Å²) in [6, 6.07) is 5.81. The van der Waals surface area contributed by atoms with Crippen LogP contribution >= 0.6 is 23.2 Å². The van der Waals surface area contributed by atoms with Crippen molar-refractivity contribution in [2.45, 2.75) is 63.5 Å². The number of primary amides is 1. The molecule has 1 aromatic carbocycles. The fraction of sp³-hybridized carbons (Fsp3) is 0.458. The van der Waals surface area contributed by atoms with Crippen LogP contribution in [0.5, 0.6) is 0 Å². The maximum absolute atomic E-state index is 11.7. The molecule has 35 heavy (non-hydrogen) atoms. The average molecular weight is 513 g/mol. The molecule has 5 rings (SSSR count). The molecule has 2 fully saturated rings. The molecular weight excluding hydrogens is 487 g/mol. The fourth-order valence-corrected chi connectivity index (χ4v) is 5.54. The number of imidazole rings is 1. The Balaban J connectivity index is 1.53. The van der Waals surface area contributed by atoms with E-state index in [0.29, 0.717) is 53.2 Å². The minimum atomic E-state index is -0.248. The number of nitriles is 1. The van der Waals surface area contributed by atoms with Crippen molar-refractivity contribution in [2.24, 2.45) is 11.7 Å². The lowest BCUT2D eigenvalue weighted by Crippen LogP contribution is -2.28. The van der Waals surface area contributed by atoms with Gasteiger partial charge < -0.3 is 16.4 Å². The molecule has 182 valence electrons.